The first-order valence-electron chi connectivity index (χ1n) is 5.65. The minimum absolute atomic E-state index is 0.0583. The Morgan fingerprint density at radius 3 is 2.33 bits per heavy atom. The van der Waals surface area contributed by atoms with Gasteiger partial charge < -0.3 is 0 Å². The van der Waals surface area contributed by atoms with Crippen molar-refractivity contribution in [2.75, 3.05) is 0 Å². The van der Waals surface area contributed by atoms with Gasteiger partial charge in [-0.2, -0.15) is 0 Å². The lowest BCUT2D eigenvalue weighted by atomic mass is 10.0. The maximum absolute atomic E-state index is 6.22. The largest absolute Gasteiger partial charge is 0.0843 e. The fourth-order valence-electron chi connectivity index (χ4n) is 1.81. The van der Waals surface area contributed by atoms with Gasteiger partial charge in [-0.25, -0.2) is 0 Å². The average molecular weight is 344 g/mol. The van der Waals surface area contributed by atoms with Crippen LogP contribution >= 0.6 is 39.1 Å². The van der Waals surface area contributed by atoms with Crippen molar-refractivity contribution >= 4 is 39.1 Å². The van der Waals surface area contributed by atoms with Gasteiger partial charge >= 0.3 is 0 Å². The van der Waals surface area contributed by atoms with Gasteiger partial charge in [0, 0.05) is 10.0 Å². The summed E-state index contributed by atoms with van der Waals surface area (Å²) >= 11 is 15.9. The zero-order chi connectivity index (χ0) is 13.3. The van der Waals surface area contributed by atoms with Crippen molar-refractivity contribution in [1.29, 1.82) is 0 Å². The predicted octanol–water partition coefficient (Wildman–Crippen LogP) is 6.09. The number of rotatable bonds is 2. The van der Waals surface area contributed by atoms with Crippen LogP contribution in [0.3, 0.4) is 0 Å². The lowest BCUT2D eigenvalue weighted by Crippen LogP contribution is -1.95. The van der Waals surface area contributed by atoms with Gasteiger partial charge in [-0.15, -0.1) is 0 Å². The van der Waals surface area contributed by atoms with Gasteiger partial charge in [0.05, 0.1) is 4.83 Å². The zero-order valence-corrected chi connectivity index (χ0v) is 13.3. The monoisotopic (exact) mass is 342 g/mol. The first-order valence-corrected chi connectivity index (χ1v) is 7.32. The first-order chi connectivity index (χ1) is 8.49. The van der Waals surface area contributed by atoms with Gasteiger partial charge in [0.25, 0.3) is 0 Å². The van der Waals surface area contributed by atoms with Gasteiger partial charge in [0.1, 0.15) is 0 Å². The molecule has 0 bridgehead atoms. The molecule has 0 saturated heterocycles. The van der Waals surface area contributed by atoms with Crippen LogP contribution in [0.2, 0.25) is 10.0 Å². The number of alkyl halides is 1. The van der Waals surface area contributed by atoms with Crippen LogP contribution in [0.15, 0.2) is 36.4 Å². The maximum atomic E-state index is 6.22. The summed E-state index contributed by atoms with van der Waals surface area (Å²) in [5.41, 5.74) is 4.74. The van der Waals surface area contributed by atoms with Crippen LogP contribution in [-0.4, -0.2) is 0 Å². The molecule has 2 rings (SSSR count). The molecular weight excluding hydrogens is 331 g/mol. The second-order valence-electron chi connectivity index (χ2n) is 4.37. The molecule has 2 aromatic rings. The van der Waals surface area contributed by atoms with E-state index in [2.05, 4.69) is 48.0 Å². The van der Waals surface area contributed by atoms with Gasteiger partial charge in [-0.3, -0.25) is 0 Å². The SMILES string of the molecule is Cc1ccc(C(Br)c2cc(Cl)ccc2Cl)cc1C. The highest BCUT2D eigenvalue weighted by molar-refractivity contribution is 9.09. The van der Waals surface area contributed by atoms with Crippen LogP contribution in [0.4, 0.5) is 0 Å². The number of hydrogen-bond acceptors (Lipinski definition) is 0. The highest BCUT2D eigenvalue weighted by Crippen LogP contribution is 2.37. The molecule has 1 unspecified atom stereocenters. The third kappa shape index (κ3) is 2.90. The summed E-state index contributed by atoms with van der Waals surface area (Å²) in [4.78, 5) is 0.0583. The second-order valence-corrected chi connectivity index (χ2v) is 6.13. The number of halogens is 3. The Bertz CT molecular complexity index is 579. The second kappa shape index (κ2) is 5.64. The Kier molecular flexibility index (Phi) is 4.37. The Morgan fingerprint density at radius 2 is 1.67 bits per heavy atom. The minimum atomic E-state index is 0.0583. The minimum Gasteiger partial charge on any atom is -0.0843 e. The molecule has 0 amide bonds. The van der Waals surface area contributed by atoms with Crippen molar-refractivity contribution in [2.45, 2.75) is 18.7 Å². The molecule has 18 heavy (non-hydrogen) atoms. The van der Waals surface area contributed by atoms with E-state index in [0.29, 0.717) is 5.02 Å². The van der Waals surface area contributed by atoms with Gasteiger partial charge in [-0.1, -0.05) is 57.3 Å². The van der Waals surface area contributed by atoms with E-state index in [9.17, 15) is 0 Å². The standard InChI is InChI=1S/C15H13BrCl2/c1-9-3-4-11(7-10(9)2)15(16)13-8-12(17)5-6-14(13)18/h3-8,15H,1-2H3. The molecule has 0 aliphatic carbocycles. The number of aryl methyl sites for hydroxylation is 2. The molecule has 0 fully saturated rings. The van der Waals surface area contributed by atoms with Gasteiger partial charge in [-0.05, 0) is 54.3 Å². The van der Waals surface area contributed by atoms with Crippen molar-refractivity contribution in [2.24, 2.45) is 0 Å². The van der Waals surface area contributed by atoms with Gasteiger partial charge in [0.15, 0.2) is 0 Å². The van der Waals surface area contributed by atoms with Crippen LogP contribution in [0.5, 0.6) is 0 Å². The number of benzene rings is 2. The lowest BCUT2D eigenvalue weighted by Gasteiger charge is -2.14. The molecule has 94 valence electrons. The number of hydrogen-bond donors (Lipinski definition) is 0. The topological polar surface area (TPSA) is 0 Å². The molecule has 3 heteroatoms. The van der Waals surface area contributed by atoms with Crippen LogP contribution in [0.1, 0.15) is 27.1 Å². The third-order valence-corrected chi connectivity index (χ3v) is 4.66. The third-order valence-electron chi connectivity index (χ3n) is 3.05. The van der Waals surface area contributed by atoms with Crippen molar-refractivity contribution < 1.29 is 0 Å². The summed E-state index contributed by atoms with van der Waals surface area (Å²) in [7, 11) is 0. The summed E-state index contributed by atoms with van der Waals surface area (Å²) in [5.74, 6) is 0. The van der Waals surface area contributed by atoms with Crippen molar-refractivity contribution in [3.63, 3.8) is 0 Å². The lowest BCUT2D eigenvalue weighted by molar-refractivity contribution is 1.16. The Balaban J connectivity index is 2.44. The van der Waals surface area contributed by atoms with E-state index in [1.54, 1.807) is 6.07 Å². The van der Waals surface area contributed by atoms with Gasteiger partial charge in [0.2, 0.25) is 0 Å². The molecule has 0 radical (unpaired) electrons. The summed E-state index contributed by atoms with van der Waals surface area (Å²) < 4.78 is 0. The molecular formula is C15H13BrCl2. The highest BCUT2D eigenvalue weighted by Gasteiger charge is 2.14. The average Bonchev–Trinajstić information content (AvgIpc) is 2.35. The Morgan fingerprint density at radius 1 is 0.944 bits per heavy atom. The molecule has 0 aliphatic rings. The van der Waals surface area contributed by atoms with E-state index >= 15 is 0 Å². The Hall–Kier alpha value is -0.500. The van der Waals surface area contributed by atoms with E-state index in [-0.39, 0.29) is 4.83 Å². The highest BCUT2D eigenvalue weighted by atomic mass is 79.9. The van der Waals surface area contributed by atoms with E-state index in [4.69, 9.17) is 23.2 Å². The fourth-order valence-corrected chi connectivity index (χ4v) is 3.01. The molecule has 0 nitrogen and oxygen atoms in total. The zero-order valence-electron chi connectivity index (χ0n) is 10.2. The summed E-state index contributed by atoms with van der Waals surface area (Å²) in [5, 5.41) is 1.42. The normalized spacial score (nSPS) is 12.5. The Labute approximate surface area is 126 Å². The van der Waals surface area contributed by atoms with E-state index < -0.39 is 0 Å². The van der Waals surface area contributed by atoms with Crippen molar-refractivity contribution in [3.05, 3.63) is 68.7 Å². The molecule has 0 spiro atoms. The predicted molar refractivity (Wildman–Crippen MR) is 83.1 cm³/mol. The smallest absolute Gasteiger partial charge is 0.0659 e. The van der Waals surface area contributed by atoms with Crippen LogP contribution in [0.25, 0.3) is 0 Å². The maximum Gasteiger partial charge on any atom is 0.0659 e. The molecule has 2 aromatic carbocycles. The summed E-state index contributed by atoms with van der Waals surface area (Å²) in [6.07, 6.45) is 0. The van der Waals surface area contributed by atoms with Crippen molar-refractivity contribution in [1.82, 2.24) is 0 Å². The molecule has 0 aliphatic heterocycles. The van der Waals surface area contributed by atoms with Crippen LogP contribution in [0, 0.1) is 13.8 Å². The quantitative estimate of drug-likeness (QED) is 0.578. The van der Waals surface area contributed by atoms with Crippen molar-refractivity contribution in [3.8, 4) is 0 Å². The van der Waals surface area contributed by atoms with E-state index in [1.165, 1.54) is 16.7 Å². The summed E-state index contributed by atoms with van der Waals surface area (Å²) in [6.45, 7) is 4.22. The first kappa shape index (κ1) is 13.9. The molecule has 0 N–H and O–H groups in total. The van der Waals surface area contributed by atoms with Crippen LogP contribution in [-0.2, 0) is 0 Å². The van der Waals surface area contributed by atoms with Crippen LogP contribution < -0.4 is 0 Å². The van der Waals surface area contributed by atoms with E-state index in [1.807, 2.05) is 12.1 Å². The molecule has 1 atom stereocenters. The summed E-state index contributed by atoms with van der Waals surface area (Å²) in [6, 6.07) is 11.9. The fraction of sp³-hybridized carbons (Fsp3) is 0.200. The molecule has 0 saturated carbocycles. The molecule has 0 aromatic heterocycles. The van der Waals surface area contributed by atoms with E-state index in [0.717, 1.165) is 10.6 Å². The molecule has 0 heterocycles.